The number of ether oxygens (including phenoxy) is 4. The van der Waals surface area contributed by atoms with Crippen molar-refractivity contribution in [1.29, 1.82) is 0 Å². The highest BCUT2D eigenvalue weighted by molar-refractivity contribution is 6.06. The first-order valence-corrected chi connectivity index (χ1v) is 10.6. The van der Waals surface area contributed by atoms with Gasteiger partial charge in [0.1, 0.15) is 5.82 Å². The maximum atomic E-state index is 13.1. The third-order valence-corrected chi connectivity index (χ3v) is 5.40. The van der Waals surface area contributed by atoms with Crippen molar-refractivity contribution in [3.63, 3.8) is 0 Å². The number of methoxy groups -OCH3 is 3. The third-order valence-electron chi connectivity index (χ3n) is 5.40. The molecule has 35 heavy (non-hydrogen) atoms. The molecule has 0 radical (unpaired) electrons. The molecule has 0 aliphatic rings. The lowest BCUT2D eigenvalue weighted by atomic mass is 10.0. The van der Waals surface area contributed by atoms with E-state index in [0.29, 0.717) is 39.4 Å². The van der Waals surface area contributed by atoms with Gasteiger partial charge in [0.25, 0.3) is 0 Å². The molecule has 0 aliphatic carbocycles. The van der Waals surface area contributed by atoms with Crippen molar-refractivity contribution < 1.29 is 32.9 Å². The maximum absolute atomic E-state index is 13.1. The van der Waals surface area contributed by atoms with E-state index in [1.165, 1.54) is 45.6 Å². The van der Waals surface area contributed by atoms with E-state index in [1.54, 1.807) is 36.4 Å². The standard InChI is InChI=1S/C27H22FNO6/c1-32-24-12-17(13-25(33-2)26(24)34-3)22-14-20(19-6-4-5-7-21(19)29-22)27(31)35-15-23(30)16-8-10-18(28)11-9-16/h4-14H,15H2,1-3H3. The van der Waals surface area contributed by atoms with E-state index in [2.05, 4.69) is 4.98 Å². The van der Waals surface area contributed by atoms with Gasteiger partial charge in [0.05, 0.1) is 38.1 Å². The molecule has 178 valence electrons. The van der Waals surface area contributed by atoms with Gasteiger partial charge in [-0.05, 0) is 48.5 Å². The largest absolute Gasteiger partial charge is 0.493 e. The molecule has 1 aromatic heterocycles. The van der Waals surface area contributed by atoms with E-state index in [0.717, 1.165) is 0 Å². The molecule has 3 aromatic carbocycles. The summed E-state index contributed by atoms with van der Waals surface area (Å²) in [7, 11) is 4.53. The van der Waals surface area contributed by atoms with Crippen molar-refractivity contribution in [2.24, 2.45) is 0 Å². The number of carbonyl (C=O) groups excluding carboxylic acids is 2. The summed E-state index contributed by atoms with van der Waals surface area (Å²) in [5.41, 5.74) is 2.15. The zero-order valence-corrected chi connectivity index (χ0v) is 19.3. The number of rotatable bonds is 8. The number of halogens is 1. The zero-order chi connectivity index (χ0) is 24.9. The quantitative estimate of drug-likeness (QED) is 0.259. The Morgan fingerprint density at radius 1 is 0.857 bits per heavy atom. The van der Waals surface area contributed by atoms with Crippen LogP contribution >= 0.6 is 0 Å². The number of hydrogen-bond donors (Lipinski definition) is 0. The van der Waals surface area contributed by atoms with Crippen molar-refractivity contribution in [3.05, 3.63) is 83.7 Å². The van der Waals surface area contributed by atoms with Crippen molar-refractivity contribution in [2.45, 2.75) is 0 Å². The minimum atomic E-state index is -0.687. The van der Waals surface area contributed by atoms with Gasteiger partial charge in [0.15, 0.2) is 23.9 Å². The minimum absolute atomic E-state index is 0.242. The van der Waals surface area contributed by atoms with E-state index < -0.39 is 24.2 Å². The summed E-state index contributed by atoms with van der Waals surface area (Å²) in [6, 6.07) is 17.2. The molecule has 0 N–H and O–H groups in total. The first kappa shape index (κ1) is 23.7. The van der Waals surface area contributed by atoms with E-state index in [-0.39, 0.29) is 11.1 Å². The molecule has 7 nitrogen and oxygen atoms in total. The number of fused-ring (bicyclic) bond motifs is 1. The van der Waals surface area contributed by atoms with Gasteiger partial charge in [-0.1, -0.05) is 18.2 Å². The second kappa shape index (κ2) is 10.2. The number of carbonyl (C=O) groups is 2. The first-order valence-electron chi connectivity index (χ1n) is 10.6. The van der Waals surface area contributed by atoms with Gasteiger partial charge in [-0.15, -0.1) is 0 Å². The molecule has 8 heteroatoms. The van der Waals surface area contributed by atoms with Crippen LogP contribution in [0.3, 0.4) is 0 Å². The van der Waals surface area contributed by atoms with E-state index in [1.807, 2.05) is 6.07 Å². The van der Waals surface area contributed by atoms with Crippen LogP contribution in [0.5, 0.6) is 17.2 Å². The van der Waals surface area contributed by atoms with Crippen molar-refractivity contribution in [1.82, 2.24) is 4.98 Å². The van der Waals surface area contributed by atoms with Crippen molar-refractivity contribution in [2.75, 3.05) is 27.9 Å². The Morgan fingerprint density at radius 3 is 2.14 bits per heavy atom. The number of aromatic nitrogens is 1. The van der Waals surface area contributed by atoms with Crippen LogP contribution in [0.1, 0.15) is 20.7 Å². The first-order chi connectivity index (χ1) is 16.9. The van der Waals surface area contributed by atoms with Crippen LogP contribution in [0.25, 0.3) is 22.2 Å². The molecule has 0 amide bonds. The van der Waals surface area contributed by atoms with E-state index in [9.17, 15) is 14.0 Å². The number of ketones is 1. The molecule has 0 unspecified atom stereocenters. The maximum Gasteiger partial charge on any atom is 0.339 e. The lowest BCUT2D eigenvalue weighted by Crippen LogP contribution is -2.15. The number of esters is 1. The Kier molecular flexibility index (Phi) is 6.91. The SMILES string of the molecule is COc1cc(-c2cc(C(=O)OCC(=O)c3ccc(F)cc3)c3ccccc3n2)cc(OC)c1OC. The molecule has 0 saturated carbocycles. The Morgan fingerprint density at radius 2 is 1.51 bits per heavy atom. The fourth-order valence-electron chi connectivity index (χ4n) is 3.65. The van der Waals surface area contributed by atoms with Gasteiger partial charge < -0.3 is 18.9 Å². The second-order valence-corrected chi connectivity index (χ2v) is 7.49. The third kappa shape index (κ3) is 4.91. The summed E-state index contributed by atoms with van der Waals surface area (Å²) in [4.78, 5) is 30.1. The van der Waals surface area contributed by atoms with Crippen molar-refractivity contribution in [3.8, 4) is 28.5 Å². The molecule has 0 fully saturated rings. The zero-order valence-electron chi connectivity index (χ0n) is 19.3. The lowest BCUT2D eigenvalue weighted by Gasteiger charge is -2.15. The molecule has 0 bridgehead atoms. The van der Waals surface area contributed by atoms with Gasteiger partial charge in [-0.25, -0.2) is 14.2 Å². The highest BCUT2D eigenvalue weighted by Gasteiger charge is 2.20. The molecule has 1 heterocycles. The van der Waals surface area contributed by atoms with Gasteiger partial charge in [0.2, 0.25) is 5.75 Å². The van der Waals surface area contributed by atoms with Crippen LogP contribution in [-0.2, 0) is 4.74 Å². The highest BCUT2D eigenvalue weighted by atomic mass is 19.1. The van der Waals surface area contributed by atoms with Gasteiger partial charge in [0, 0.05) is 16.5 Å². The van der Waals surface area contributed by atoms with Crippen LogP contribution in [0.4, 0.5) is 4.39 Å². The van der Waals surface area contributed by atoms with E-state index >= 15 is 0 Å². The summed E-state index contributed by atoms with van der Waals surface area (Å²) in [6.45, 7) is -0.485. The molecule has 4 aromatic rings. The van der Waals surface area contributed by atoms with Crippen LogP contribution < -0.4 is 14.2 Å². The van der Waals surface area contributed by atoms with Crippen LogP contribution in [0.15, 0.2) is 66.7 Å². The smallest absolute Gasteiger partial charge is 0.339 e. The summed E-state index contributed by atoms with van der Waals surface area (Å²) >= 11 is 0. The molecule has 0 spiro atoms. The molecule has 0 aliphatic heterocycles. The average molecular weight is 475 g/mol. The number of pyridine rings is 1. The summed E-state index contributed by atoms with van der Waals surface area (Å²) < 4.78 is 34.7. The normalized spacial score (nSPS) is 10.6. The topological polar surface area (TPSA) is 84.0 Å². The second-order valence-electron chi connectivity index (χ2n) is 7.49. The Hall–Kier alpha value is -4.46. The number of hydrogen-bond acceptors (Lipinski definition) is 7. The Bertz CT molecular complexity index is 1380. The predicted octanol–water partition coefficient (Wildman–Crippen LogP) is 5.11. The van der Waals surface area contributed by atoms with Crippen molar-refractivity contribution >= 4 is 22.7 Å². The lowest BCUT2D eigenvalue weighted by molar-refractivity contribution is 0.0476. The predicted molar refractivity (Wildman–Crippen MR) is 128 cm³/mol. The van der Waals surface area contributed by atoms with Crippen LogP contribution in [0.2, 0.25) is 0 Å². The molecule has 0 atom stereocenters. The monoisotopic (exact) mass is 475 g/mol. The Balaban J connectivity index is 1.71. The number of Topliss-reactive ketones (excluding diaryl/α,β-unsaturated/α-hetero) is 1. The molecule has 0 saturated heterocycles. The summed E-state index contributed by atoms with van der Waals surface area (Å²) in [5.74, 6) is -0.287. The molecular weight excluding hydrogens is 453 g/mol. The van der Waals surface area contributed by atoms with E-state index in [4.69, 9.17) is 18.9 Å². The summed E-state index contributed by atoms with van der Waals surface area (Å²) in [5, 5.41) is 0.572. The number of benzene rings is 3. The van der Waals surface area contributed by atoms with Gasteiger partial charge in [-0.2, -0.15) is 0 Å². The average Bonchev–Trinajstić information content (AvgIpc) is 2.90. The fraction of sp³-hybridized carbons (Fsp3) is 0.148. The fourth-order valence-corrected chi connectivity index (χ4v) is 3.65. The van der Waals surface area contributed by atoms with Crippen LogP contribution in [0, 0.1) is 5.82 Å². The van der Waals surface area contributed by atoms with Gasteiger partial charge >= 0.3 is 5.97 Å². The molecular formula is C27H22FNO6. The summed E-state index contributed by atoms with van der Waals surface area (Å²) in [6.07, 6.45) is 0. The highest BCUT2D eigenvalue weighted by Crippen LogP contribution is 2.41. The minimum Gasteiger partial charge on any atom is -0.493 e. The Labute approximate surface area is 201 Å². The number of para-hydroxylation sites is 1. The number of nitrogens with zero attached hydrogens (tertiary/aromatic N) is 1. The van der Waals surface area contributed by atoms with Gasteiger partial charge in [-0.3, -0.25) is 4.79 Å². The van der Waals surface area contributed by atoms with Crippen LogP contribution in [-0.4, -0.2) is 44.7 Å². The molecule has 4 rings (SSSR count).